The second-order valence-electron chi connectivity index (χ2n) is 3.92. The first-order valence-corrected chi connectivity index (χ1v) is 7.36. The number of halogens is 4. The van der Waals surface area contributed by atoms with Crippen molar-refractivity contribution in [3.8, 4) is 0 Å². The Morgan fingerprint density at radius 2 is 2.06 bits per heavy atom. The quantitative estimate of drug-likeness (QED) is 0.787. The van der Waals surface area contributed by atoms with Gasteiger partial charge in [-0.05, 0) is 11.4 Å². The molecule has 0 spiro atoms. The van der Waals surface area contributed by atoms with E-state index in [9.17, 15) is 26.0 Å². The Hall–Kier alpha value is -0.670. The van der Waals surface area contributed by atoms with Crippen LogP contribution in [0.3, 0.4) is 0 Å². The SMILES string of the molecule is O=S(=O)(c1ccsc1)N1C[C@@H](F)C[C@@H]1C(F)(F)F. The van der Waals surface area contributed by atoms with Crippen molar-refractivity contribution in [1.29, 1.82) is 0 Å². The zero-order chi connectivity index (χ0) is 13.6. The Bertz CT molecular complexity index is 511. The summed E-state index contributed by atoms with van der Waals surface area (Å²) >= 11 is 1.05. The molecule has 9 heteroatoms. The summed E-state index contributed by atoms with van der Waals surface area (Å²) in [6, 6.07) is -1.07. The normalized spacial score (nSPS) is 26.7. The van der Waals surface area contributed by atoms with E-state index >= 15 is 0 Å². The van der Waals surface area contributed by atoms with Crippen molar-refractivity contribution in [2.75, 3.05) is 6.54 Å². The maximum atomic E-state index is 13.1. The Labute approximate surface area is 105 Å². The van der Waals surface area contributed by atoms with Crippen LogP contribution in [0.25, 0.3) is 0 Å². The Balaban J connectivity index is 2.38. The molecule has 0 amide bonds. The second kappa shape index (κ2) is 4.46. The lowest BCUT2D eigenvalue weighted by Crippen LogP contribution is -2.44. The van der Waals surface area contributed by atoms with Gasteiger partial charge in [-0.2, -0.15) is 28.8 Å². The van der Waals surface area contributed by atoms with Crippen molar-refractivity contribution in [3.63, 3.8) is 0 Å². The maximum Gasteiger partial charge on any atom is 0.405 e. The summed E-state index contributed by atoms with van der Waals surface area (Å²) < 4.78 is 75.3. The van der Waals surface area contributed by atoms with Crippen LogP contribution < -0.4 is 0 Å². The van der Waals surface area contributed by atoms with E-state index in [0.29, 0.717) is 0 Å². The largest absolute Gasteiger partial charge is 0.405 e. The number of alkyl halides is 4. The molecule has 3 nitrogen and oxygen atoms in total. The molecular formula is C9H9F4NO2S2. The van der Waals surface area contributed by atoms with Crippen molar-refractivity contribution in [2.24, 2.45) is 0 Å². The van der Waals surface area contributed by atoms with E-state index in [1.807, 2.05) is 0 Å². The van der Waals surface area contributed by atoms with Crippen LogP contribution in [0.1, 0.15) is 6.42 Å². The standard InChI is InChI=1S/C9H9F4NO2S2/c10-6-3-8(9(11,12)13)14(4-6)18(15,16)7-1-2-17-5-7/h1-2,5-6,8H,3-4H2/t6-,8+/m0/s1. The molecular weight excluding hydrogens is 294 g/mol. The molecule has 0 bridgehead atoms. The molecule has 0 unspecified atom stereocenters. The first kappa shape index (κ1) is 13.8. The number of sulfonamides is 1. The van der Waals surface area contributed by atoms with Gasteiger partial charge in [0.05, 0.1) is 4.90 Å². The third-order valence-electron chi connectivity index (χ3n) is 2.68. The highest BCUT2D eigenvalue weighted by atomic mass is 32.2. The Morgan fingerprint density at radius 1 is 1.39 bits per heavy atom. The lowest BCUT2D eigenvalue weighted by molar-refractivity contribution is -0.165. The first-order chi connectivity index (χ1) is 8.23. The molecule has 1 aromatic heterocycles. The molecule has 18 heavy (non-hydrogen) atoms. The van der Waals surface area contributed by atoms with Crippen molar-refractivity contribution in [3.05, 3.63) is 16.8 Å². The molecule has 1 saturated heterocycles. The van der Waals surface area contributed by atoms with Gasteiger partial charge in [-0.3, -0.25) is 0 Å². The van der Waals surface area contributed by atoms with Crippen LogP contribution in [0.4, 0.5) is 17.6 Å². The minimum Gasteiger partial charge on any atom is -0.246 e. The molecule has 2 atom stereocenters. The predicted octanol–water partition coefficient (Wildman–Crippen LogP) is 2.41. The number of hydrogen-bond acceptors (Lipinski definition) is 3. The van der Waals surface area contributed by atoms with Crippen LogP contribution >= 0.6 is 11.3 Å². The molecule has 1 aliphatic heterocycles. The maximum absolute atomic E-state index is 13.1. The number of hydrogen-bond donors (Lipinski definition) is 0. The molecule has 0 aromatic carbocycles. The predicted molar refractivity (Wildman–Crippen MR) is 57.6 cm³/mol. The van der Waals surface area contributed by atoms with E-state index in [0.717, 1.165) is 11.3 Å². The minimum absolute atomic E-state index is 0.208. The van der Waals surface area contributed by atoms with E-state index in [2.05, 4.69) is 0 Å². The van der Waals surface area contributed by atoms with Crippen molar-refractivity contribution >= 4 is 21.4 Å². The smallest absolute Gasteiger partial charge is 0.246 e. The highest BCUT2D eigenvalue weighted by molar-refractivity contribution is 7.89. The monoisotopic (exact) mass is 303 g/mol. The van der Waals surface area contributed by atoms with Gasteiger partial charge in [-0.25, -0.2) is 12.8 Å². The molecule has 0 saturated carbocycles. The third kappa shape index (κ3) is 2.39. The summed E-state index contributed by atoms with van der Waals surface area (Å²) in [6.45, 7) is -0.748. The summed E-state index contributed by atoms with van der Waals surface area (Å²) in [5.74, 6) is 0. The molecule has 2 rings (SSSR count). The first-order valence-electron chi connectivity index (χ1n) is 4.98. The van der Waals surface area contributed by atoms with Crippen LogP contribution in [-0.2, 0) is 10.0 Å². The molecule has 1 aromatic rings. The zero-order valence-corrected chi connectivity index (χ0v) is 10.5. The van der Waals surface area contributed by atoms with E-state index in [4.69, 9.17) is 0 Å². The van der Waals surface area contributed by atoms with Crippen LogP contribution in [0.15, 0.2) is 21.7 Å². The molecule has 1 fully saturated rings. The average molecular weight is 303 g/mol. The van der Waals surface area contributed by atoms with Gasteiger partial charge in [-0.1, -0.05) is 0 Å². The molecule has 0 radical (unpaired) electrons. The van der Waals surface area contributed by atoms with Gasteiger partial charge in [0.25, 0.3) is 0 Å². The lowest BCUT2D eigenvalue weighted by atomic mass is 10.2. The topological polar surface area (TPSA) is 37.4 Å². The zero-order valence-electron chi connectivity index (χ0n) is 8.89. The van der Waals surface area contributed by atoms with Gasteiger partial charge in [0.2, 0.25) is 10.0 Å². The summed E-state index contributed by atoms with van der Waals surface area (Å²) in [5, 5.41) is 2.67. The van der Waals surface area contributed by atoms with E-state index in [1.165, 1.54) is 16.8 Å². The van der Waals surface area contributed by atoms with Gasteiger partial charge in [0.15, 0.2) is 0 Å². The van der Waals surface area contributed by atoms with Gasteiger partial charge < -0.3 is 0 Å². The Morgan fingerprint density at radius 3 is 2.56 bits per heavy atom. The number of rotatable bonds is 2. The second-order valence-corrected chi connectivity index (χ2v) is 6.59. The van der Waals surface area contributed by atoms with Crippen LogP contribution in [-0.4, -0.2) is 37.7 Å². The summed E-state index contributed by atoms with van der Waals surface area (Å²) in [4.78, 5) is -0.226. The fraction of sp³-hybridized carbons (Fsp3) is 0.556. The highest BCUT2D eigenvalue weighted by Gasteiger charge is 2.53. The van der Waals surface area contributed by atoms with Crippen molar-refractivity contribution in [1.82, 2.24) is 4.31 Å². The van der Waals surface area contributed by atoms with Gasteiger partial charge in [-0.15, -0.1) is 0 Å². The Kier molecular flexibility index (Phi) is 3.41. The van der Waals surface area contributed by atoms with Crippen molar-refractivity contribution < 1.29 is 26.0 Å². The molecule has 0 aliphatic carbocycles. The number of thiophene rings is 1. The fourth-order valence-electron chi connectivity index (χ4n) is 1.85. The average Bonchev–Trinajstić information content (AvgIpc) is 2.83. The van der Waals surface area contributed by atoms with Crippen LogP contribution in [0, 0.1) is 0 Å². The van der Waals surface area contributed by atoms with Gasteiger partial charge in [0, 0.05) is 18.3 Å². The lowest BCUT2D eigenvalue weighted by Gasteiger charge is -2.24. The molecule has 1 aliphatic rings. The highest BCUT2D eigenvalue weighted by Crippen LogP contribution is 2.37. The number of nitrogens with zero attached hydrogens (tertiary/aromatic N) is 1. The van der Waals surface area contributed by atoms with Gasteiger partial charge in [0.1, 0.15) is 12.2 Å². The van der Waals surface area contributed by atoms with E-state index in [1.54, 1.807) is 0 Å². The third-order valence-corrected chi connectivity index (χ3v) is 5.39. The van der Waals surface area contributed by atoms with E-state index in [-0.39, 0.29) is 9.20 Å². The minimum atomic E-state index is -4.76. The van der Waals surface area contributed by atoms with Crippen LogP contribution in [0.2, 0.25) is 0 Å². The summed E-state index contributed by atoms with van der Waals surface area (Å²) in [5.41, 5.74) is 0. The molecule has 0 N–H and O–H groups in total. The molecule has 2 heterocycles. The van der Waals surface area contributed by atoms with E-state index < -0.39 is 41.4 Å². The van der Waals surface area contributed by atoms with Gasteiger partial charge >= 0.3 is 6.18 Å². The molecule has 102 valence electrons. The van der Waals surface area contributed by atoms with Crippen LogP contribution in [0.5, 0.6) is 0 Å². The fourth-order valence-corrected chi connectivity index (χ4v) is 4.52. The van der Waals surface area contributed by atoms with Crippen molar-refractivity contribution in [2.45, 2.75) is 29.7 Å². The summed E-state index contributed by atoms with van der Waals surface area (Å²) in [7, 11) is -4.28. The summed E-state index contributed by atoms with van der Waals surface area (Å²) in [6.07, 6.45) is -7.39.